The highest BCUT2D eigenvalue weighted by atomic mass is 32.1. The van der Waals surface area contributed by atoms with Crippen LogP contribution in [0.3, 0.4) is 0 Å². The number of carbonyl (C=O) groups excluding carboxylic acids is 3. The Morgan fingerprint density at radius 1 is 1.42 bits per heavy atom. The first-order valence-corrected chi connectivity index (χ1v) is 9.00. The van der Waals surface area contributed by atoms with Crippen molar-refractivity contribution in [3.63, 3.8) is 0 Å². The number of amides is 4. The minimum absolute atomic E-state index is 0.0305. The van der Waals surface area contributed by atoms with Crippen LogP contribution in [-0.4, -0.2) is 38.9 Å². The maximum Gasteiger partial charge on any atom is 0.322 e. The molecule has 2 aromatic rings. The third-order valence-corrected chi connectivity index (χ3v) is 5.07. The van der Waals surface area contributed by atoms with Crippen LogP contribution in [-0.2, 0) is 22.6 Å². The van der Waals surface area contributed by atoms with E-state index in [9.17, 15) is 14.4 Å². The normalized spacial score (nSPS) is 17.7. The van der Waals surface area contributed by atoms with Crippen LogP contribution >= 0.6 is 11.3 Å². The molecule has 1 saturated heterocycles. The fraction of sp³-hybridized carbons (Fsp3) is 0.438. The molecular formula is C16H20N6O3S. The van der Waals surface area contributed by atoms with Gasteiger partial charge in [0.2, 0.25) is 5.91 Å². The Labute approximate surface area is 154 Å². The highest BCUT2D eigenvalue weighted by Crippen LogP contribution is 2.26. The van der Waals surface area contributed by atoms with Crippen molar-refractivity contribution in [2.45, 2.75) is 45.8 Å². The lowest BCUT2D eigenvalue weighted by Crippen LogP contribution is -2.31. The summed E-state index contributed by atoms with van der Waals surface area (Å²) < 4.78 is 1.41. The molecule has 0 saturated carbocycles. The van der Waals surface area contributed by atoms with E-state index in [0.717, 1.165) is 5.56 Å². The number of imide groups is 1. The lowest BCUT2D eigenvalue weighted by Gasteiger charge is -2.13. The molecule has 3 rings (SSSR count). The van der Waals surface area contributed by atoms with Crippen LogP contribution in [0, 0.1) is 13.8 Å². The average Bonchev–Trinajstić information content (AvgIpc) is 3.20. The molecule has 1 fully saturated rings. The Hall–Kier alpha value is -2.75. The number of hydrogen-bond donors (Lipinski definition) is 3. The molecule has 4 amide bonds. The topological polar surface area (TPSA) is 118 Å². The largest absolute Gasteiger partial charge is 0.348 e. The Balaban J connectivity index is 1.55. The summed E-state index contributed by atoms with van der Waals surface area (Å²) in [5.74, 6) is -0.568. The van der Waals surface area contributed by atoms with Crippen LogP contribution in [0.4, 0.5) is 4.79 Å². The lowest BCUT2D eigenvalue weighted by atomic mass is 10.1. The van der Waals surface area contributed by atoms with Gasteiger partial charge in [0, 0.05) is 22.4 Å². The minimum Gasteiger partial charge on any atom is -0.348 e. The summed E-state index contributed by atoms with van der Waals surface area (Å²) in [7, 11) is 0. The second-order valence-corrected chi connectivity index (χ2v) is 7.75. The smallest absolute Gasteiger partial charge is 0.322 e. The number of hydrogen-bond acceptors (Lipinski definition) is 6. The van der Waals surface area contributed by atoms with Gasteiger partial charge >= 0.3 is 6.03 Å². The number of carbonyl (C=O) groups is 3. The van der Waals surface area contributed by atoms with Crippen molar-refractivity contribution in [2.75, 3.05) is 0 Å². The molecule has 3 heterocycles. The summed E-state index contributed by atoms with van der Waals surface area (Å²) in [5, 5.41) is 15.5. The zero-order valence-corrected chi connectivity index (χ0v) is 15.5. The molecule has 138 valence electrons. The van der Waals surface area contributed by atoms with Gasteiger partial charge < -0.3 is 10.6 Å². The van der Waals surface area contributed by atoms with E-state index in [1.165, 1.54) is 14.4 Å². The Bertz CT molecular complexity index is 858. The van der Waals surface area contributed by atoms with Crippen molar-refractivity contribution in [1.82, 2.24) is 30.9 Å². The number of aryl methyl sites for hydroxylation is 2. The van der Waals surface area contributed by atoms with Crippen molar-refractivity contribution in [3.8, 4) is 0 Å². The van der Waals surface area contributed by atoms with E-state index in [1.54, 1.807) is 17.5 Å². The number of nitrogens with zero attached hydrogens (tertiary/aromatic N) is 3. The molecule has 0 aliphatic carbocycles. The average molecular weight is 376 g/mol. The second kappa shape index (κ2) is 7.24. The third-order valence-electron chi connectivity index (χ3n) is 4.09. The summed E-state index contributed by atoms with van der Waals surface area (Å²) in [4.78, 5) is 37.3. The predicted octanol–water partition coefficient (Wildman–Crippen LogP) is 0.584. The van der Waals surface area contributed by atoms with E-state index >= 15 is 0 Å². The number of thiophene rings is 1. The predicted molar refractivity (Wildman–Crippen MR) is 94.5 cm³/mol. The quantitative estimate of drug-likeness (QED) is 0.638. The highest BCUT2D eigenvalue weighted by molar-refractivity contribution is 7.12. The van der Waals surface area contributed by atoms with Crippen LogP contribution in [0.25, 0.3) is 0 Å². The first-order valence-electron chi connectivity index (χ1n) is 8.18. The fourth-order valence-electron chi connectivity index (χ4n) is 2.91. The highest BCUT2D eigenvalue weighted by Gasteiger charge is 2.30. The van der Waals surface area contributed by atoms with Crippen molar-refractivity contribution in [2.24, 2.45) is 0 Å². The van der Waals surface area contributed by atoms with Gasteiger partial charge in [-0.25, -0.2) is 9.48 Å². The third kappa shape index (κ3) is 4.07. The molecule has 2 atom stereocenters. The summed E-state index contributed by atoms with van der Waals surface area (Å²) in [5.41, 5.74) is 1.64. The summed E-state index contributed by atoms with van der Waals surface area (Å²) in [6, 6.07) is 0.818. The molecule has 9 nitrogen and oxygen atoms in total. The van der Waals surface area contributed by atoms with E-state index in [4.69, 9.17) is 0 Å². The van der Waals surface area contributed by atoms with E-state index < -0.39 is 18.0 Å². The Morgan fingerprint density at radius 2 is 2.19 bits per heavy atom. The number of rotatable bonds is 6. The molecule has 3 N–H and O–H groups in total. The Morgan fingerprint density at radius 3 is 2.81 bits per heavy atom. The van der Waals surface area contributed by atoms with E-state index in [2.05, 4.69) is 32.3 Å². The van der Waals surface area contributed by atoms with Crippen LogP contribution in [0.1, 0.15) is 34.0 Å². The molecule has 0 spiro atoms. The standard InChI is InChI=1S/C16H20N6O3S/c1-8-4-12(10(3)26-8)9(2)17-14(23)7-22-6-11(20-21-22)5-13-15(24)19-16(25)18-13/h4,6,9,13H,5,7H2,1-3H3,(H,17,23)(H2,18,19,24,25)/t9-,13-/m0/s1. The molecule has 10 heteroatoms. The lowest BCUT2D eigenvalue weighted by molar-refractivity contribution is -0.122. The molecule has 1 aliphatic heterocycles. The maximum absolute atomic E-state index is 12.2. The van der Waals surface area contributed by atoms with Crippen LogP contribution in [0.15, 0.2) is 12.3 Å². The van der Waals surface area contributed by atoms with Crippen molar-refractivity contribution in [1.29, 1.82) is 0 Å². The molecule has 0 aromatic carbocycles. The van der Waals surface area contributed by atoms with Gasteiger partial charge in [-0.05, 0) is 32.4 Å². The second-order valence-electron chi connectivity index (χ2n) is 6.28. The van der Waals surface area contributed by atoms with E-state index in [0.29, 0.717) is 5.69 Å². The van der Waals surface area contributed by atoms with Gasteiger partial charge in [-0.15, -0.1) is 16.4 Å². The number of aromatic nitrogens is 3. The van der Waals surface area contributed by atoms with Gasteiger partial charge in [-0.3, -0.25) is 14.9 Å². The number of urea groups is 1. The maximum atomic E-state index is 12.2. The van der Waals surface area contributed by atoms with Gasteiger partial charge in [0.05, 0.1) is 11.7 Å². The van der Waals surface area contributed by atoms with Gasteiger partial charge in [0.25, 0.3) is 5.91 Å². The van der Waals surface area contributed by atoms with Gasteiger partial charge in [-0.1, -0.05) is 5.21 Å². The van der Waals surface area contributed by atoms with E-state index in [1.807, 2.05) is 20.8 Å². The molecular weight excluding hydrogens is 356 g/mol. The molecule has 1 aliphatic rings. The van der Waals surface area contributed by atoms with Crippen molar-refractivity contribution in [3.05, 3.63) is 33.3 Å². The number of nitrogens with one attached hydrogen (secondary N) is 3. The van der Waals surface area contributed by atoms with Crippen LogP contribution in [0.2, 0.25) is 0 Å². The molecule has 2 aromatic heterocycles. The Kier molecular flexibility index (Phi) is 5.03. The van der Waals surface area contributed by atoms with Crippen molar-refractivity contribution < 1.29 is 14.4 Å². The molecule has 26 heavy (non-hydrogen) atoms. The summed E-state index contributed by atoms with van der Waals surface area (Å²) >= 11 is 1.71. The van der Waals surface area contributed by atoms with E-state index in [-0.39, 0.29) is 24.9 Å². The SMILES string of the molecule is Cc1cc([C@H](C)NC(=O)Cn2cc(C[C@@H]3NC(=O)NC3=O)nn2)c(C)s1. The van der Waals surface area contributed by atoms with Gasteiger partial charge in [-0.2, -0.15) is 0 Å². The van der Waals surface area contributed by atoms with Crippen LogP contribution in [0.5, 0.6) is 0 Å². The molecule has 0 bridgehead atoms. The zero-order chi connectivity index (χ0) is 18.8. The molecule has 0 unspecified atom stereocenters. The van der Waals surface area contributed by atoms with Gasteiger partial charge in [0.15, 0.2) is 0 Å². The van der Waals surface area contributed by atoms with Crippen LogP contribution < -0.4 is 16.0 Å². The fourth-order valence-corrected chi connectivity index (χ4v) is 3.94. The zero-order valence-electron chi connectivity index (χ0n) is 14.7. The molecule has 0 radical (unpaired) electrons. The van der Waals surface area contributed by atoms with Crippen molar-refractivity contribution >= 4 is 29.2 Å². The van der Waals surface area contributed by atoms with Gasteiger partial charge in [0.1, 0.15) is 12.6 Å². The summed E-state index contributed by atoms with van der Waals surface area (Å²) in [6.45, 7) is 6.06. The first kappa shape index (κ1) is 18.1. The minimum atomic E-state index is -0.661. The monoisotopic (exact) mass is 376 g/mol. The first-order chi connectivity index (χ1) is 12.3. The summed E-state index contributed by atoms with van der Waals surface area (Å²) in [6.07, 6.45) is 1.82.